The molecule has 0 spiro atoms. The van der Waals surface area contributed by atoms with Crippen LogP contribution in [0.2, 0.25) is 0 Å². The van der Waals surface area contributed by atoms with Gasteiger partial charge in [-0.15, -0.1) is 0 Å². The highest BCUT2D eigenvalue weighted by atomic mass is 16.5. The number of aryl methyl sites for hydroxylation is 1. The maximum Gasteiger partial charge on any atom is 0.344 e. The molecule has 0 unspecified atom stereocenters. The largest absolute Gasteiger partial charge is 0.408 e. The van der Waals surface area contributed by atoms with Gasteiger partial charge in [0.2, 0.25) is 0 Å². The lowest BCUT2D eigenvalue weighted by Crippen LogP contribution is -2.11. The van der Waals surface area contributed by atoms with Crippen LogP contribution in [0.3, 0.4) is 0 Å². The smallest absolute Gasteiger partial charge is 0.344 e. The van der Waals surface area contributed by atoms with Crippen LogP contribution in [0.15, 0.2) is 59.6 Å². The van der Waals surface area contributed by atoms with Crippen LogP contribution in [-0.4, -0.2) is 11.9 Å². The molecule has 0 aromatic heterocycles. The van der Waals surface area contributed by atoms with Crippen molar-refractivity contribution in [3.05, 3.63) is 65.7 Å². The third-order valence-electron chi connectivity index (χ3n) is 2.90. The number of aliphatic imine (C=N–C) groups is 1. The molecule has 3 nitrogen and oxygen atoms in total. The zero-order valence-corrected chi connectivity index (χ0v) is 11.7. The number of benzene rings is 2. The van der Waals surface area contributed by atoms with Crippen molar-refractivity contribution in [2.24, 2.45) is 4.99 Å². The summed E-state index contributed by atoms with van der Waals surface area (Å²) in [4.78, 5) is 16.4. The van der Waals surface area contributed by atoms with E-state index in [-0.39, 0.29) is 5.97 Å². The average molecular weight is 267 g/mol. The third kappa shape index (κ3) is 3.54. The molecule has 0 atom stereocenters. The van der Waals surface area contributed by atoms with Crippen molar-refractivity contribution in [3.8, 4) is 0 Å². The Morgan fingerprint density at radius 2 is 1.70 bits per heavy atom. The first-order chi connectivity index (χ1) is 9.70. The lowest BCUT2D eigenvalue weighted by molar-refractivity contribution is 0.0714. The maximum absolute atomic E-state index is 12.1. The van der Waals surface area contributed by atoms with Crippen molar-refractivity contribution >= 4 is 17.6 Å². The molecule has 0 amide bonds. The van der Waals surface area contributed by atoms with E-state index < -0.39 is 0 Å². The molecule has 0 aliphatic carbocycles. The van der Waals surface area contributed by atoms with E-state index in [4.69, 9.17) is 4.74 Å². The van der Waals surface area contributed by atoms with Gasteiger partial charge in [-0.25, -0.2) is 9.79 Å². The number of hydrogen-bond acceptors (Lipinski definition) is 3. The third-order valence-corrected chi connectivity index (χ3v) is 2.90. The molecule has 2 aromatic rings. The predicted octanol–water partition coefficient (Wildman–Crippen LogP) is 4.16. The van der Waals surface area contributed by atoms with Gasteiger partial charge in [0.1, 0.15) is 0 Å². The standard InChI is InChI=1S/C17H17NO2/c1-3-14-9-7-8-12-16(14)17(19)20-13(2)18-15-10-5-4-6-11-15/h4-12H,3H2,1-2H3. The predicted molar refractivity (Wildman–Crippen MR) is 80.4 cm³/mol. The molecular formula is C17H17NO2. The minimum Gasteiger partial charge on any atom is -0.408 e. The Bertz CT molecular complexity index is 618. The molecule has 0 bridgehead atoms. The lowest BCUT2D eigenvalue weighted by Gasteiger charge is -2.07. The van der Waals surface area contributed by atoms with Crippen LogP contribution in [0.5, 0.6) is 0 Å². The Kier molecular flexibility index (Phi) is 4.66. The summed E-state index contributed by atoms with van der Waals surface area (Å²) in [5.74, 6) is -0.0215. The monoisotopic (exact) mass is 267 g/mol. The molecule has 0 N–H and O–H groups in total. The Morgan fingerprint density at radius 1 is 1.05 bits per heavy atom. The van der Waals surface area contributed by atoms with Gasteiger partial charge >= 0.3 is 5.97 Å². The fraction of sp³-hybridized carbons (Fsp3) is 0.176. The normalized spacial score (nSPS) is 11.2. The second-order valence-corrected chi connectivity index (χ2v) is 4.37. The van der Waals surface area contributed by atoms with Gasteiger partial charge in [-0.1, -0.05) is 43.3 Å². The number of rotatable bonds is 3. The quantitative estimate of drug-likeness (QED) is 0.476. The van der Waals surface area contributed by atoms with Crippen LogP contribution in [0.4, 0.5) is 5.69 Å². The van der Waals surface area contributed by atoms with Gasteiger partial charge in [-0.3, -0.25) is 0 Å². The zero-order chi connectivity index (χ0) is 14.4. The van der Waals surface area contributed by atoms with Crippen LogP contribution in [0.25, 0.3) is 0 Å². The van der Waals surface area contributed by atoms with Gasteiger partial charge in [0.05, 0.1) is 11.3 Å². The van der Waals surface area contributed by atoms with E-state index in [1.165, 1.54) is 0 Å². The number of nitrogens with zero attached hydrogens (tertiary/aromatic N) is 1. The molecule has 2 aromatic carbocycles. The Hall–Kier alpha value is -2.42. The number of esters is 1. The van der Waals surface area contributed by atoms with E-state index in [0.29, 0.717) is 11.5 Å². The molecule has 3 heteroatoms. The maximum atomic E-state index is 12.1. The number of para-hydroxylation sites is 1. The fourth-order valence-corrected chi connectivity index (χ4v) is 1.92. The highest BCUT2D eigenvalue weighted by Gasteiger charge is 2.12. The van der Waals surface area contributed by atoms with Crippen molar-refractivity contribution in [3.63, 3.8) is 0 Å². The molecule has 0 heterocycles. The van der Waals surface area contributed by atoms with Crippen molar-refractivity contribution in [1.82, 2.24) is 0 Å². The van der Waals surface area contributed by atoms with Gasteiger partial charge in [0.15, 0.2) is 5.90 Å². The first-order valence-corrected chi connectivity index (χ1v) is 6.61. The molecule has 20 heavy (non-hydrogen) atoms. The van der Waals surface area contributed by atoms with Crippen LogP contribution in [-0.2, 0) is 11.2 Å². The van der Waals surface area contributed by atoms with Gasteiger partial charge in [-0.05, 0) is 30.2 Å². The Labute approximate surface area is 118 Å². The Balaban J connectivity index is 2.13. The number of hydrogen-bond donors (Lipinski definition) is 0. The summed E-state index contributed by atoms with van der Waals surface area (Å²) in [6, 6.07) is 16.9. The minimum absolute atomic E-state index is 0.340. The van der Waals surface area contributed by atoms with Crippen LogP contribution in [0.1, 0.15) is 29.8 Å². The summed E-state index contributed by atoms with van der Waals surface area (Å²) < 4.78 is 5.29. The summed E-state index contributed by atoms with van der Waals surface area (Å²) >= 11 is 0. The number of carbonyl (C=O) groups excluding carboxylic acids is 1. The van der Waals surface area contributed by atoms with Crippen LogP contribution < -0.4 is 0 Å². The Morgan fingerprint density at radius 3 is 2.40 bits per heavy atom. The van der Waals surface area contributed by atoms with Crippen molar-refractivity contribution in [1.29, 1.82) is 0 Å². The average Bonchev–Trinajstić information content (AvgIpc) is 2.48. The van der Waals surface area contributed by atoms with Crippen LogP contribution in [0, 0.1) is 0 Å². The second-order valence-electron chi connectivity index (χ2n) is 4.37. The van der Waals surface area contributed by atoms with Crippen molar-refractivity contribution in [2.75, 3.05) is 0 Å². The van der Waals surface area contributed by atoms with Crippen LogP contribution >= 0.6 is 0 Å². The fourth-order valence-electron chi connectivity index (χ4n) is 1.92. The van der Waals surface area contributed by atoms with Crippen molar-refractivity contribution in [2.45, 2.75) is 20.3 Å². The topological polar surface area (TPSA) is 38.7 Å². The van der Waals surface area contributed by atoms with Gasteiger partial charge in [-0.2, -0.15) is 0 Å². The van der Waals surface area contributed by atoms with E-state index in [1.807, 2.05) is 55.5 Å². The van der Waals surface area contributed by atoms with E-state index >= 15 is 0 Å². The number of ether oxygens (including phenoxy) is 1. The second kappa shape index (κ2) is 6.66. The first-order valence-electron chi connectivity index (χ1n) is 6.61. The molecule has 0 aliphatic rings. The minimum atomic E-state index is -0.361. The molecular weight excluding hydrogens is 250 g/mol. The molecule has 102 valence electrons. The first kappa shape index (κ1) is 14.0. The molecule has 0 radical (unpaired) electrons. The van der Waals surface area contributed by atoms with Gasteiger partial charge in [0.25, 0.3) is 0 Å². The SMILES string of the molecule is CCc1ccccc1C(=O)OC(C)=Nc1ccccc1. The summed E-state index contributed by atoms with van der Waals surface area (Å²) in [7, 11) is 0. The highest BCUT2D eigenvalue weighted by Crippen LogP contribution is 2.13. The summed E-state index contributed by atoms with van der Waals surface area (Å²) in [5, 5.41) is 0. The molecule has 0 saturated heterocycles. The highest BCUT2D eigenvalue weighted by molar-refractivity contribution is 5.99. The van der Waals surface area contributed by atoms with E-state index in [0.717, 1.165) is 17.7 Å². The molecule has 0 aliphatic heterocycles. The lowest BCUT2D eigenvalue weighted by atomic mass is 10.1. The zero-order valence-electron chi connectivity index (χ0n) is 11.7. The molecule has 0 fully saturated rings. The summed E-state index contributed by atoms with van der Waals surface area (Å²) in [5.41, 5.74) is 2.34. The summed E-state index contributed by atoms with van der Waals surface area (Å²) in [6.45, 7) is 3.69. The van der Waals surface area contributed by atoms with E-state index in [1.54, 1.807) is 13.0 Å². The molecule has 0 saturated carbocycles. The van der Waals surface area contributed by atoms with Gasteiger partial charge < -0.3 is 4.74 Å². The number of carbonyl (C=O) groups is 1. The van der Waals surface area contributed by atoms with Crippen molar-refractivity contribution < 1.29 is 9.53 Å². The van der Waals surface area contributed by atoms with E-state index in [2.05, 4.69) is 4.99 Å². The van der Waals surface area contributed by atoms with E-state index in [9.17, 15) is 4.79 Å². The summed E-state index contributed by atoms with van der Waals surface area (Å²) in [6.07, 6.45) is 0.792. The van der Waals surface area contributed by atoms with Gasteiger partial charge in [0, 0.05) is 6.92 Å². The molecule has 2 rings (SSSR count).